The molecular weight excluding hydrogens is 202 g/mol. The molecule has 0 spiro atoms. The molecule has 2 N–H and O–H groups in total. The standard InChI is InChI=1S/C8H7N3O4/c1-3-6(12)10-5-4(8(14)15)2-9-11(5)7(3)13/h2-3H,1H3,(H,10,12)(H,14,15). The van der Waals surface area contributed by atoms with Gasteiger partial charge in [0.05, 0.1) is 6.20 Å². The first-order valence-corrected chi connectivity index (χ1v) is 4.18. The van der Waals surface area contributed by atoms with Crippen LogP contribution in [0.15, 0.2) is 6.20 Å². The number of nitrogens with zero attached hydrogens (tertiary/aromatic N) is 2. The van der Waals surface area contributed by atoms with Crippen molar-refractivity contribution in [2.24, 2.45) is 5.92 Å². The van der Waals surface area contributed by atoms with Gasteiger partial charge in [-0.3, -0.25) is 9.59 Å². The molecule has 1 aromatic rings. The van der Waals surface area contributed by atoms with Crippen molar-refractivity contribution in [2.75, 3.05) is 5.32 Å². The Morgan fingerprint density at radius 1 is 1.60 bits per heavy atom. The maximum Gasteiger partial charge on any atom is 0.341 e. The molecule has 78 valence electrons. The number of rotatable bonds is 1. The minimum Gasteiger partial charge on any atom is -0.477 e. The second-order valence-corrected chi connectivity index (χ2v) is 3.17. The van der Waals surface area contributed by atoms with E-state index in [-0.39, 0.29) is 11.4 Å². The highest BCUT2D eigenvalue weighted by Gasteiger charge is 2.34. The lowest BCUT2D eigenvalue weighted by Crippen LogP contribution is -2.38. The fraction of sp³-hybridized carbons (Fsp3) is 0.250. The highest BCUT2D eigenvalue weighted by Crippen LogP contribution is 2.22. The SMILES string of the molecule is CC1C(=O)Nc2c(C(=O)O)cnn2C1=O. The van der Waals surface area contributed by atoms with Gasteiger partial charge in [-0.1, -0.05) is 0 Å². The predicted octanol–water partition coefficient (Wildman–Crippen LogP) is -0.190. The number of aromatic nitrogens is 2. The summed E-state index contributed by atoms with van der Waals surface area (Å²) in [6.45, 7) is 1.43. The monoisotopic (exact) mass is 209 g/mol. The van der Waals surface area contributed by atoms with Gasteiger partial charge in [-0.2, -0.15) is 9.78 Å². The highest BCUT2D eigenvalue weighted by molar-refractivity contribution is 6.13. The highest BCUT2D eigenvalue weighted by atomic mass is 16.4. The summed E-state index contributed by atoms with van der Waals surface area (Å²) in [6, 6.07) is 0. The molecule has 15 heavy (non-hydrogen) atoms. The molecule has 0 saturated carbocycles. The van der Waals surface area contributed by atoms with Crippen LogP contribution in [0.1, 0.15) is 22.1 Å². The minimum atomic E-state index is -1.24. The van der Waals surface area contributed by atoms with Crippen LogP contribution in [0.3, 0.4) is 0 Å². The zero-order valence-electron chi connectivity index (χ0n) is 7.72. The molecule has 0 fully saturated rings. The van der Waals surface area contributed by atoms with Gasteiger partial charge in [0.25, 0.3) is 5.91 Å². The minimum absolute atomic E-state index is 0.0735. The Hall–Kier alpha value is -2.18. The van der Waals surface area contributed by atoms with E-state index in [4.69, 9.17) is 5.11 Å². The summed E-state index contributed by atoms with van der Waals surface area (Å²) in [7, 11) is 0. The van der Waals surface area contributed by atoms with Crippen molar-refractivity contribution in [2.45, 2.75) is 6.92 Å². The molecule has 1 aliphatic rings. The van der Waals surface area contributed by atoms with E-state index in [1.54, 1.807) is 0 Å². The number of fused-ring (bicyclic) bond motifs is 1. The van der Waals surface area contributed by atoms with E-state index in [1.807, 2.05) is 0 Å². The smallest absolute Gasteiger partial charge is 0.341 e. The van der Waals surface area contributed by atoms with Crippen LogP contribution in [-0.2, 0) is 4.79 Å². The van der Waals surface area contributed by atoms with Gasteiger partial charge in [0.15, 0.2) is 5.82 Å². The van der Waals surface area contributed by atoms with Crippen LogP contribution >= 0.6 is 0 Å². The largest absolute Gasteiger partial charge is 0.477 e. The summed E-state index contributed by atoms with van der Waals surface area (Å²) < 4.78 is 0.898. The van der Waals surface area contributed by atoms with Crippen LogP contribution < -0.4 is 5.32 Å². The van der Waals surface area contributed by atoms with Gasteiger partial charge >= 0.3 is 5.97 Å². The van der Waals surface area contributed by atoms with E-state index in [0.29, 0.717) is 0 Å². The average molecular weight is 209 g/mol. The van der Waals surface area contributed by atoms with E-state index in [2.05, 4.69) is 10.4 Å². The number of anilines is 1. The average Bonchev–Trinajstić information content (AvgIpc) is 2.58. The zero-order valence-corrected chi connectivity index (χ0v) is 7.72. The fourth-order valence-electron chi connectivity index (χ4n) is 1.31. The predicted molar refractivity (Wildman–Crippen MR) is 47.6 cm³/mol. The number of aromatic carboxylic acids is 1. The second kappa shape index (κ2) is 2.91. The summed E-state index contributed by atoms with van der Waals surface area (Å²) >= 11 is 0. The molecule has 1 aromatic heterocycles. The Bertz CT molecular complexity index is 476. The number of hydrogen-bond donors (Lipinski definition) is 2. The van der Waals surface area contributed by atoms with Crippen molar-refractivity contribution in [1.29, 1.82) is 0 Å². The van der Waals surface area contributed by atoms with E-state index in [1.165, 1.54) is 6.92 Å². The molecule has 0 radical (unpaired) electrons. The van der Waals surface area contributed by atoms with Crippen molar-refractivity contribution >= 4 is 23.6 Å². The number of nitrogens with one attached hydrogen (secondary N) is 1. The molecule has 0 saturated heterocycles. The molecule has 1 unspecified atom stereocenters. The van der Waals surface area contributed by atoms with Crippen LogP contribution in [0.5, 0.6) is 0 Å². The van der Waals surface area contributed by atoms with Crippen molar-refractivity contribution in [1.82, 2.24) is 9.78 Å². The van der Waals surface area contributed by atoms with Crippen molar-refractivity contribution < 1.29 is 19.5 Å². The molecule has 7 nitrogen and oxygen atoms in total. The molecule has 1 aliphatic heterocycles. The number of carboxylic acids is 1. The number of amides is 1. The van der Waals surface area contributed by atoms with Crippen LogP contribution in [0, 0.1) is 5.92 Å². The summed E-state index contributed by atoms with van der Waals surface area (Å²) in [4.78, 5) is 33.5. The maximum absolute atomic E-state index is 11.5. The zero-order chi connectivity index (χ0) is 11.2. The Kier molecular flexibility index (Phi) is 1.82. The number of hydrogen-bond acceptors (Lipinski definition) is 4. The van der Waals surface area contributed by atoms with Gasteiger partial charge in [-0.15, -0.1) is 0 Å². The summed E-state index contributed by atoms with van der Waals surface area (Å²) in [5.74, 6) is -3.20. The maximum atomic E-state index is 11.5. The van der Waals surface area contributed by atoms with Gasteiger partial charge in [-0.05, 0) is 6.92 Å². The molecule has 1 atom stereocenters. The molecule has 2 rings (SSSR count). The second-order valence-electron chi connectivity index (χ2n) is 3.17. The third kappa shape index (κ3) is 1.20. The first-order valence-electron chi connectivity index (χ1n) is 4.18. The molecule has 7 heteroatoms. The normalized spacial score (nSPS) is 19.7. The van der Waals surface area contributed by atoms with Gasteiger partial charge in [-0.25, -0.2) is 4.79 Å². The van der Waals surface area contributed by atoms with Crippen LogP contribution in [-0.4, -0.2) is 32.7 Å². The van der Waals surface area contributed by atoms with Crippen LogP contribution in [0.4, 0.5) is 5.82 Å². The Labute approximate surface area is 83.7 Å². The van der Waals surface area contributed by atoms with Crippen molar-refractivity contribution in [3.05, 3.63) is 11.8 Å². The lowest BCUT2D eigenvalue weighted by Gasteiger charge is -2.18. The van der Waals surface area contributed by atoms with E-state index >= 15 is 0 Å². The summed E-state index contributed by atoms with van der Waals surface area (Å²) in [5.41, 5.74) is -0.191. The molecule has 1 amide bonds. The van der Waals surface area contributed by atoms with Crippen LogP contribution in [0.2, 0.25) is 0 Å². The van der Waals surface area contributed by atoms with E-state index in [9.17, 15) is 14.4 Å². The molecule has 2 heterocycles. The van der Waals surface area contributed by atoms with E-state index < -0.39 is 23.7 Å². The number of carboxylic acid groups (broad SMARTS) is 1. The number of carbonyl (C=O) groups is 3. The van der Waals surface area contributed by atoms with Crippen LogP contribution in [0.25, 0.3) is 0 Å². The van der Waals surface area contributed by atoms with Crippen molar-refractivity contribution in [3.8, 4) is 0 Å². The first kappa shape index (κ1) is 9.38. The summed E-state index contributed by atoms with van der Waals surface area (Å²) in [5, 5.41) is 14.7. The Balaban J connectivity index is 2.57. The van der Waals surface area contributed by atoms with Gasteiger partial charge in [0.1, 0.15) is 11.5 Å². The Morgan fingerprint density at radius 3 is 2.87 bits per heavy atom. The molecular formula is C8H7N3O4. The molecule has 0 aliphatic carbocycles. The Morgan fingerprint density at radius 2 is 2.27 bits per heavy atom. The lowest BCUT2D eigenvalue weighted by molar-refractivity contribution is -0.118. The summed E-state index contributed by atoms with van der Waals surface area (Å²) in [6.07, 6.45) is 1.04. The van der Waals surface area contributed by atoms with Gasteiger partial charge in [0, 0.05) is 0 Å². The van der Waals surface area contributed by atoms with Gasteiger partial charge < -0.3 is 10.4 Å². The van der Waals surface area contributed by atoms with Crippen molar-refractivity contribution in [3.63, 3.8) is 0 Å². The molecule has 0 bridgehead atoms. The lowest BCUT2D eigenvalue weighted by atomic mass is 10.1. The fourth-order valence-corrected chi connectivity index (χ4v) is 1.31. The van der Waals surface area contributed by atoms with Gasteiger partial charge in [0.2, 0.25) is 5.91 Å². The van der Waals surface area contributed by atoms with E-state index in [0.717, 1.165) is 10.9 Å². The third-order valence-electron chi connectivity index (χ3n) is 2.21. The first-order chi connectivity index (χ1) is 7.02. The third-order valence-corrected chi connectivity index (χ3v) is 2.21. The number of carbonyl (C=O) groups excluding carboxylic acids is 2. The quantitative estimate of drug-likeness (QED) is 0.624. The topological polar surface area (TPSA) is 101 Å². The molecule has 0 aromatic carbocycles.